The molecule has 1 aromatic carbocycles. The summed E-state index contributed by atoms with van der Waals surface area (Å²) in [7, 11) is 0. The van der Waals surface area contributed by atoms with Crippen LogP contribution in [0.1, 0.15) is 11.1 Å². The van der Waals surface area contributed by atoms with Gasteiger partial charge in [-0.1, -0.05) is 17.7 Å². The molecule has 1 N–H and O–H groups in total. The third-order valence-corrected chi connectivity index (χ3v) is 2.22. The van der Waals surface area contributed by atoms with Crippen molar-refractivity contribution in [3.8, 4) is 0 Å². The largest absolute Gasteiger partial charge is 0.430 e. The summed E-state index contributed by atoms with van der Waals surface area (Å²) in [5.74, 6) is 0. The van der Waals surface area contributed by atoms with E-state index in [1.165, 1.54) is 6.26 Å². The third kappa shape index (κ3) is 1.32. The van der Waals surface area contributed by atoms with Gasteiger partial charge in [0.1, 0.15) is 6.26 Å². The van der Waals surface area contributed by atoms with Crippen LogP contribution in [0.15, 0.2) is 33.7 Å². The molecule has 0 amide bonds. The molecule has 0 saturated heterocycles. The summed E-state index contributed by atoms with van der Waals surface area (Å²) in [6.45, 7) is 1.79. The summed E-state index contributed by atoms with van der Waals surface area (Å²) in [4.78, 5) is 11.4. The molecule has 0 atom stereocenters. The Labute approximate surface area is 80.6 Å². The monoisotopic (exact) mass is 190 g/mol. The minimum absolute atomic E-state index is 0.122. The van der Waals surface area contributed by atoms with Gasteiger partial charge in [-0.2, -0.15) is 0 Å². The molecule has 2 rings (SSSR count). The van der Waals surface area contributed by atoms with Gasteiger partial charge in [0.25, 0.3) is 0 Å². The van der Waals surface area contributed by atoms with Crippen LogP contribution in [0.4, 0.5) is 0 Å². The molecule has 0 aliphatic carbocycles. The van der Waals surface area contributed by atoms with Gasteiger partial charge in [-0.3, -0.25) is 0 Å². The van der Waals surface area contributed by atoms with E-state index in [1.807, 2.05) is 19.1 Å². The molecule has 2 aromatic rings. The molecule has 0 bridgehead atoms. The van der Waals surface area contributed by atoms with Crippen LogP contribution in [0.25, 0.3) is 10.8 Å². The molecule has 3 nitrogen and oxygen atoms in total. The Morgan fingerprint density at radius 2 is 2.14 bits per heavy atom. The minimum Gasteiger partial charge on any atom is -0.430 e. The van der Waals surface area contributed by atoms with Crippen molar-refractivity contribution >= 4 is 10.8 Å². The van der Waals surface area contributed by atoms with Crippen molar-refractivity contribution < 1.29 is 9.52 Å². The van der Waals surface area contributed by atoms with Gasteiger partial charge < -0.3 is 9.52 Å². The van der Waals surface area contributed by atoms with Crippen molar-refractivity contribution in [3.63, 3.8) is 0 Å². The maximum atomic E-state index is 11.4. The minimum atomic E-state index is -0.360. The molecule has 0 aliphatic heterocycles. The van der Waals surface area contributed by atoms with E-state index in [1.54, 1.807) is 6.07 Å². The van der Waals surface area contributed by atoms with Crippen LogP contribution in [-0.4, -0.2) is 5.11 Å². The fraction of sp³-hybridized carbons (Fsp3) is 0.182. The lowest BCUT2D eigenvalue weighted by molar-refractivity contribution is 0.279. The number of benzene rings is 1. The first-order valence-electron chi connectivity index (χ1n) is 4.34. The summed E-state index contributed by atoms with van der Waals surface area (Å²) in [5, 5.41) is 10.3. The summed E-state index contributed by atoms with van der Waals surface area (Å²) in [6, 6.07) is 5.49. The quantitative estimate of drug-likeness (QED) is 0.742. The van der Waals surface area contributed by atoms with Crippen molar-refractivity contribution in [1.82, 2.24) is 0 Å². The Kier molecular flexibility index (Phi) is 2.09. The van der Waals surface area contributed by atoms with Crippen molar-refractivity contribution in [2.45, 2.75) is 13.5 Å². The van der Waals surface area contributed by atoms with E-state index in [0.29, 0.717) is 10.9 Å². The first kappa shape index (κ1) is 8.97. The Balaban J connectivity index is 2.91. The van der Waals surface area contributed by atoms with Gasteiger partial charge in [0.05, 0.1) is 12.0 Å². The zero-order valence-corrected chi connectivity index (χ0v) is 7.78. The Bertz CT molecular complexity index is 526. The number of hydrogen-bond donors (Lipinski definition) is 1. The Morgan fingerprint density at radius 3 is 2.86 bits per heavy atom. The highest BCUT2D eigenvalue weighted by atomic mass is 16.4. The van der Waals surface area contributed by atoms with Gasteiger partial charge in [0.15, 0.2) is 0 Å². The number of hydrogen-bond acceptors (Lipinski definition) is 3. The summed E-state index contributed by atoms with van der Waals surface area (Å²) < 4.78 is 4.80. The van der Waals surface area contributed by atoms with Crippen LogP contribution in [0.3, 0.4) is 0 Å². The van der Waals surface area contributed by atoms with E-state index in [9.17, 15) is 4.79 Å². The van der Waals surface area contributed by atoms with Gasteiger partial charge in [-0.05, 0) is 18.4 Å². The first-order valence-corrected chi connectivity index (χ1v) is 4.34. The molecule has 3 heteroatoms. The second kappa shape index (κ2) is 3.27. The zero-order chi connectivity index (χ0) is 10.1. The normalized spacial score (nSPS) is 10.7. The van der Waals surface area contributed by atoms with Gasteiger partial charge in [-0.25, -0.2) is 4.79 Å². The average Bonchev–Trinajstić information content (AvgIpc) is 2.19. The lowest BCUT2D eigenvalue weighted by atomic mass is 10.1. The highest BCUT2D eigenvalue weighted by Crippen LogP contribution is 2.16. The van der Waals surface area contributed by atoms with Gasteiger partial charge in [0.2, 0.25) is 0 Å². The molecule has 0 radical (unpaired) electrons. The molecule has 0 aliphatic rings. The molecule has 0 saturated carbocycles. The molecular formula is C11H10O3. The number of fused-ring (bicyclic) bond motifs is 1. The molecular weight excluding hydrogens is 180 g/mol. The average molecular weight is 190 g/mol. The Hall–Kier alpha value is -1.61. The van der Waals surface area contributed by atoms with Crippen molar-refractivity contribution in [2.75, 3.05) is 0 Å². The summed E-state index contributed by atoms with van der Waals surface area (Å²) in [5.41, 5.74) is 1.28. The van der Waals surface area contributed by atoms with E-state index in [-0.39, 0.29) is 12.2 Å². The summed E-state index contributed by atoms with van der Waals surface area (Å²) >= 11 is 0. The second-order valence-corrected chi connectivity index (χ2v) is 3.26. The fourth-order valence-corrected chi connectivity index (χ4v) is 1.48. The fourth-order valence-electron chi connectivity index (χ4n) is 1.48. The predicted octanol–water partition coefficient (Wildman–Crippen LogP) is 1.59. The molecule has 0 unspecified atom stereocenters. The SMILES string of the molecule is Cc1ccc2c(CO)coc(=O)c2c1. The molecule has 0 spiro atoms. The maximum Gasteiger partial charge on any atom is 0.343 e. The van der Waals surface area contributed by atoms with Gasteiger partial charge in [-0.15, -0.1) is 0 Å². The maximum absolute atomic E-state index is 11.4. The number of rotatable bonds is 1. The smallest absolute Gasteiger partial charge is 0.343 e. The van der Waals surface area contributed by atoms with Crippen molar-refractivity contribution in [1.29, 1.82) is 0 Å². The topological polar surface area (TPSA) is 50.4 Å². The zero-order valence-electron chi connectivity index (χ0n) is 7.78. The van der Waals surface area contributed by atoms with Gasteiger partial charge in [0, 0.05) is 5.56 Å². The van der Waals surface area contributed by atoms with Gasteiger partial charge >= 0.3 is 5.63 Å². The predicted molar refractivity (Wildman–Crippen MR) is 53.1 cm³/mol. The van der Waals surface area contributed by atoms with E-state index < -0.39 is 0 Å². The molecule has 1 heterocycles. The lowest BCUT2D eigenvalue weighted by Crippen LogP contribution is -2.01. The summed E-state index contributed by atoms with van der Waals surface area (Å²) in [6.07, 6.45) is 1.31. The highest BCUT2D eigenvalue weighted by Gasteiger charge is 2.05. The van der Waals surface area contributed by atoms with Crippen LogP contribution >= 0.6 is 0 Å². The van der Waals surface area contributed by atoms with Crippen molar-refractivity contribution in [3.05, 3.63) is 46.0 Å². The van der Waals surface area contributed by atoms with Crippen molar-refractivity contribution in [2.24, 2.45) is 0 Å². The molecule has 0 fully saturated rings. The van der Waals surface area contributed by atoms with E-state index in [4.69, 9.17) is 9.52 Å². The number of aliphatic hydroxyl groups is 1. The number of aliphatic hydroxyl groups excluding tert-OH is 1. The highest BCUT2D eigenvalue weighted by molar-refractivity contribution is 5.84. The standard InChI is InChI=1S/C11H10O3/c1-7-2-3-9-8(5-12)6-14-11(13)10(9)4-7/h2-4,6,12H,5H2,1H3. The molecule has 72 valence electrons. The van der Waals surface area contributed by atoms with Crippen LogP contribution in [0.5, 0.6) is 0 Å². The van der Waals surface area contributed by atoms with Crippen LogP contribution < -0.4 is 5.63 Å². The van der Waals surface area contributed by atoms with E-state index in [0.717, 1.165) is 10.9 Å². The van der Waals surface area contributed by atoms with E-state index >= 15 is 0 Å². The second-order valence-electron chi connectivity index (χ2n) is 3.26. The molecule has 14 heavy (non-hydrogen) atoms. The molecule has 1 aromatic heterocycles. The Morgan fingerprint density at radius 1 is 1.36 bits per heavy atom. The van der Waals surface area contributed by atoms with Crippen LogP contribution in [0, 0.1) is 6.92 Å². The third-order valence-electron chi connectivity index (χ3n) is 2.22. The van der Waals surface area contributed by atoms with E-state index in [2.05, 4.69) is 0 Å². The lowest BCUT2D eigenvalue weighted by Gasteiger charge is -2.02. The first-order chi connectivity index (χ1) is 6.72. The number of aryl methyl sites for hydroxylation is 1. The van der Waals surface area contributed by atoms with Crippen LogP contribution in [0.2, 0.25) is 0 Å². The van der Waals surface area contributed by atoms with Crippen LogP contribution in [-0.2, 0) is 6.61 Å².